The lowest BCUT2D eigenvalue weighted by Crippen LogP contribution is -2.51. The first-order chi connectivity index (χ1) is 17.3. The maximum absolute atomic E-state index is 12.2. The minimum atomic E-state index is 0.256. The molecule has 202 valence electrons. The van der Waals surface area contributed by atoms with Gasteiger partial charge >= 0.3 is 0 Å². The summed E-state index contributed by atoms with van der Waals surface area (Å²) in [6.45, 7) is 16.2. The fraction of sp³-hybridized carbons (Fsp3) is 0.656. The molecule has 0 bridgehead atoms. The maximum atomic E-state index is 12.2. The standard InChI is InChI=1S/C14H26N2O.C10H8S.C6H12.C2H6/c1-11(2)15-9-6-13(7-10-15)16-8-4-5-12(3)14(16)17;11-10-6-5-8-3-1-2-4-9(8)7-10;1-6-4-2-3-5-6;1-2/h11-13H,4-10H2,1-3H3;1-7,11H;6H,2-5H2,1H3;1-2H3/t12-;;;/m0.../s1. The van der Waals surface area contributed by atoms with Crippen molar-refractivity contribution in [3.63, 3.8) is 0 Å². The average molecular weight is 513 g/mol. The van der Waals surface area contributed by atoms with Crippen molar-refractivity contribution in [3.8, 4) is 0 Å². The van der Waals surface area contributed by atoms with E-state index in [0.717, 1.165) is 49.7 Å². The van der Waals surface area contributed by atoms with Crippen LogP contribution in [0.4, 0.5) is 0 Å². The molecule has 2 saturated heterocycles. The number of benzene rings is 2. The molecule has 2 heterocycles. The lowest BCUT2D eigenvalue weighted by molar-refractivity contribution is -0.141. The second kappa shape index (κ2) is 16.3. The van der Waals surface area contributed by atoms with Gasteiger partial charge in [-0.3, -0.25) is 4.79 Å². The number of thiol groups is 1. The zero-order valence-electron chi connectivity index (χ0n) is 23.9. The Bertz CT molecular complexity index is 885. The first-order valence-electron chi connectivity index (χ1n) is 14.6. The Kier molecular flexibility index (Phi) is 13.9. The number of carbonyl (C=O) groups is 1. The molecule has 1 aliphatic carbocycles. The number of carbonyl (C=O) groups excluding carboxylic acids is 1. The first-order valence-corrected chi connectivity index (χ1v) is 15.0. The molecule has 1 atom stereocenters. The number of likely N-dealkylation sites (tertiary alicyclic amines) is 2. The Morgan fingerprint density at radius 3 is 1.97 bits per heavy atom. The van der Waals surface area contributed by atoms with Crippen LogP contribution in [0.15, 0.2) is 47.4 Å². The van der Waals surface area contributed by atoms with E-state index in [-0.39, 0.29) is 5.92 Å². The van der Waals surface area contributed by atoms with Gasteiger partial charge in [-0.1, -0.05) is 83.7 Å². The van der Waals surface area contributed by atoms with Crippen LogP contribution in [0.5, 0.6) is 0 Å². The fourth-order valence-corrected chi connectivity index (χ4v) is 5.68. The van der Waals surface area contributed by atoms with Crippen molar-refractivity contribution in [2.45, 2.75) is 110 Å². The van der Waals surface area contributed by atoms with Crippen LogP contribution in [0.25, 0.3) is 10.8 Å². The van der Waals surface area contributed by atoms with Gasteiger partial charge in [-0.2, -0.15) is 0 Å². The third kappa shape index (κ3) is 9.74. The van der Waals surface area contributed by atoms with Crippen molar-refractivity contribution < 1.29 is 4.79 Å². The highest BCUT2D eigenvalue weighted by molar-refractivity contribution is 7.80. The quantitative estimate of drug-likeness (QED) is 0.408. The Balaban J connectivity index is 0.000000204. The van der Waals surface area contributed by atoms with Crippen molar-refractivity contribution >= 4 is 29.3 Å². The van der Waals surface area contributed by atoms with Crippen molar-refractivity contribution in [2.24, 2.45) is 11.8 Å². The molecule has 0 aromatic heterocycles. The summed E-state index contributed by atoms with van der Waals surface area (Å²) in [6, 6.07) is 15.6. The van der Waals surface area contributed by atoms with Gasteiger partial charge in [-0.25, -0.2) is 0 Å². The van der Waals surface area contributed by atoms with E-state index in [1.54, 1.807) is 0 Å². The maximum Gasteiger partial charge on any atom is 0.225 e. The van der Waals surface area contributed by atoms with Gasteiger partial charge in [-0.15, -0.1) is 12.6 Å². The largest absolute Gasteiger partial charge is 0.339 e. The molecule has 1 amide bonds. The van der Waals surface area contributed by atoms with E-state index in [4.69, 9.17) is 0 Å². The zero-order chi connectivity index (χ0) is 26.5. The monoisotopic (exact) mass is 512 g/mol. The van der Waals surface area contributed by atoms with Gasteiger partial charge in [0, 0.05) is 42.5 Å². The zero-order valence-corrected chi connectivity index (χ0v) is 24.8. The molecule has 3 nitrogen and oxygen atoms in total. The summed E-state index contributed by atoms with van der Waals surface area (Å²) in [6.07, 6.45) is 10.5. The van der Waals surface area contributed by atoms with Gasteiger partial charge in [-0.05, 0) is 68.4 Å². The lowest BCUT2D eigenvalue weighted by Gasteiger charge is -2.42. The Hall–Kier alpha value is -1.52. The van der Waals surface area contributed by atoms with E-state index in [2.05, 4.69) is 74.4 Å². The molecule has 5 rings (SSSR count). The van der Waals surface area contributed by atoms with Crippen LogP contribution >= 0.6 is 12.6 Å². The molecule has 0 N–H and O–H groups in total. The summed E-state index contributed by atoms with van der Waals surface area (Å²) in [5.41, 5.74) is 0. The summed E-state index contributed by atoms with van der Waals surface area (Å²) in [4.78, 5) is 17.9. The van der Waals surface area contributed by atoms with Gasteiger partial charge in [0.15, 0.2) is 0 Å². The van der Waals surface area contributed by atoms with Crippen LogP contribution in [0.3, 0.4) is 0 Å². The Morgan fingerprint density at radius 1 is 0.806 bits per heavy atom. The molecule has 3 aliphatic rings. The second-order valence-corrected chi connectivity index (χ2v) is 11.4. The number of hydrogen-bond acceptors (Lipinski definition) is 3. The number of nitrogens with zero attached hydrogens (tertiary/aromatic N) is 2. The number of fused-ring (bicyclic) bond motifs is 1. The van der Waals surface area contributed by atoms with Gasteiger partial charge in [0.1, 0.15) is 0 Å². The molecule has 36 heavy (non-hydrogen) atoms. The van der Waals surface area contributed by atoms with E-state index in [1.807, 2.05) is 32.0 Å². The lowest BCUT2D eigenvalue weighted by atomic mass is 9.94. The third-order valence-corrected chi connectivity index (χ3v) is 8.07. The molecule has 2 aromatic carbocycles. The topological polar surface area (TPSA) is 23.6 Å². The van der Waals surface area contributed by atoms with Crippen LogP contribution in [-0.4, -0.2) is 47.4 Å². The van der Waals surface area contributed by atoms with E-state index < -0.39 is 0 Å². The van der Waals surface area contributed by atoms with Crippen LogP contribution in [0, 0.1) is 11.8 Å². The summed E-state index contributed by atoms with van der Waals surface area (Å²) in [7, 11) is 0. The van der Waals surface area contributed by atoms with Gasteiger partial charge in [0.05, 0.1) is 0 Å². The molecular weight excluding hydrogens is 460 g/mol. The van der Waals surface area contributed by atoms with Crippen LogP contribution < -0.4 is 0 Å². The summed E-state index contributed by atoms with van der Waals surface area (Å²) in [5, 5.41) is 2.52. The van der Waals surface area contributed by atoms with Crippen LogP contribution in [0.1, 0.15) is 92.9 Å². The predicted molar refractivity (Wildman–Crippen MR) is 160 cm³/mol. The molecule has 1 saturated carbocycles. The highest BCUT2D eigenvalue weighted by Crippen LogP contribution is 2.25. The highest BCUT2D eigenvalue weighted by atomic mass is 32.1. The van der Waals surface area contributed by atoms with Crippen molar-refractivity contribution in [1.82, 2.24) is 9.80 Å². The number of hydrogen-bond donors (Lipinski definition) is 1. The normalized spacial score (nSPS) is 21.3. The van der Waals surface area contributed by atoms with E-state index in [1.165, 1.54) is 42.9 Å². The Morgan fingerprint density at radius 2 is 1.42 bits per heavy atom. The third-order valence-electron chi connectivity index (χ3n) is 7.79. The van der Waals surface area contributed by atoms with Gasteiger partial charge < -0.3 is 9.80 Å². The van der Waals surface area contributed by atoms with E-state index in [0.29, 0.717) is 18.0 Å². The smallest absolute Gasteiger partial charge is 0.225 e. The molecule has 0 radical (unpaired) electrons. The average Bonchev–Trinajstić information content (AvgIpc) is 3.38. The Labute approximate surface area is 227 Å². The number of piperidine rings is 2. The SMILES string of the molecule is CC.CC(C)N1CCC(N2CCC[C@H](C)C2=O)CC1.CC1CCCC1.Sc1ccc2ccccc2c1. The second-order valence-electron chi connectivity index (χ2n) is 10.9. The van der Waals surface area contributed by atoms with E-state index >= 15 is 0 Å². The predicted octanol–water partition coefficient (Wildman–Crippen LogP) is 8.47. The van der Waals surface area contributed by atoms with Crippen molar-refractivity contribution in [1.29, 1.82) is 0 Å². The fourth-order valence-electron chi connectivity index (χ4n) is 5.47. The van der Waals surface area contributed by atoms with Crippen LogP contribution in [0.2, 0.25) is 0 Å². The van der Waals surface area contributed by atoms with E-state index in [9.17, 15) is 4.79 Å². The summed E-state index contributed by atoms with van der Waals surface area (Å²) in [5.74, 6) is 1.70. The summed E-state index contributed by atoms with van der Waals surface area (Å²) < 4.78 is 0. The minimum Gasteiger partial charge on any atom is -0.339 e. The number of rotatable bonds is 2. The molecule has 3 fully saturated rings. The molecule has 4 heteroatoms. The highest BCUT2D eigenvalue weighted by Gasteiger charge is 2.32. The van der Waals surface area contributed by atoms with Crippen molar-refractivity contribution in [2.75, 3.05) is 19.6 Å². The molecule has 2 aliphatic heterocycles. The molecule has 2 aromatic rings. The number of amides is 1. The molecular formula is C32H52N2OS. The van der Waals surface area contributed by atoms with Crippen LogP contribution in [-0.2, 0) is 4.79 Å². The summed E-state index contributed by atoms with van der Waals surface area (Å²) >= 11 is 4.26. The molecule has 0 spiro atoms. The van der Waals surface area contributed by atoms with Crippen molar-refractivity contribution in [3.05, 3.63) is 42.5 Å². The van der Waals surface area contributed by atoms with Gasteiger partial charge in [0.2, 0.25) is 5.91 Å². The molecule has 0 unspecified atom stereocenters. The minimum absolute atomic E-state index is 0.256. The van der Waals surface area contributed by atoms with Gasteiger partial charge in [0.25, 0.3) is 0 Å². The first kappa shape index (κ1) is 30.7.